The Balaban J connectivity index is 1.98. The molecular weight excluding hydrogens is 406 g/mol. The fourth-order valence-corrected chi connectivity index (χ4v) is 3.90. The van der Waals surface area contributed by atoms with Crippen LogP contribution in [0.4, 0.5) is 5.69 Å². The Labute approximate surface area is 177 Å². The van der Waals surface area contributed by atoms with Crippen LogP contribution in [0.15, 0.2) is 53.4 Å². The SMILES string of the molecule is CCNC(=O)COc1ccc(NC(=O)c2ccc(S(=O)(=O)NC(C)(C)C)cc2)cc1. The van der Waals surface area contributed by atoms with Crippen LogP contribution in [0.2, 0.25) is 0 Å². The Morgan fingerprint density at radius 1 is 0.967 bits per heavy atom. The number of nitrogens with one attached hydrogen (secondary N) is 3. The van der Waals surface area contributed by atoms with Crippen molar-refractivity contribution in [2.75, 3.05) is 18.5 Å². The van der Waals surface area contributed by atoms with Crippen molar-refractivity contribution in [3.63, 3.8) is 0 Å². The summed E-state index contributed by atoms with van der Waals surface area (Å²) >= 11 is 0. The normalized spacial score (nSPS) is 11.6. The van der Waals surface area contributed by atoms with E-state index in [4.69, 9.17) is 4.74 Å². The molecule has 0 aromatic heterocycles. The molecule has 0 radical (unpaired) electrons. The third-order valence-electron chi connectivity index (χ3n) is 3.72. The molecule has 0 saturated heterocycles. The number of hydrogen-bond donors (Lipinski definition) is 3. The lowest BCUT2D eigenvalue weighted by atomic mass is 10.1. The molecule has 9 heteroatoms. The number of carbonyl (C=O) groups excluding carboxylic acids is 2. The maximum absolute atomic E-state index is 12.4. The van der Waals surface area contributed by atoms with Crippen LogP contribution in [-0.2, 0) is 14.8 Å². The van der Waals surface area contributed by atoms with Crippen LogP contribution in [-0.4, -0.2) is 38.9 Å². The molecule has 2 rings (SSSR count). The lowest BCUT2D eigenvalue weighted by Crippen LogP contribution is -2.40. The number of likely N-dealkylation sites (N-methyl/N-ethyl adjacent to an activating group) is 1. The smallest absolute Gasteiger partial charge is 0.257 e. The molecule has 2 amide bonds. The van der Waals surface area contributed by atoms with E-state index in [0.717, 1.165) is 0 Å². The Bertz CT molecular complexity index is 979. The van der Waals surface area contributed by atoms with Crippen LogP contribution >= 0.6 is 0 Å². The number of amides is 2. The van der Waals surface area contributed by atoms with Gasteiger partial charge in [0, 0.05) is 23.3 Å². The van der Waals surface area contributed by atoms with Crippen LogP contribution in [0.1, 0.15) is 38.1 Å². The number of rotatable bonds is 8. The molecular formula is C21H27N3O5S. The molecule has 2 aromatic rings. The van der Waals surface area contributed by atoms with Crippen LogP contribution in [0.25, 0.3) is 0 Å². The van der Waals surface area contributed by atoms with Gasteiger partial charge < -0.3 is 15.4 Å². The number of sulfonamides is 1. The van der Waals surface area contributed by atoms with Crippen molar-refractivity contribution in [1.82, 2.24) is 10.0 Å². The first kappa shape index (κ1) is 23.4. The first-order valence-electron chi connectivity index (χ1n) is 9.45. The van der Waals surface area contributed by atoms with Crippen LogP contribution < -0.4 is 20.1 Å². The summed E-state index contributed by atoms with van der Waals surface area (Å²) in [4.78, 5) is 23.9. The third-order valence-corrected chi connectivity index (χ3v) is 5.50. The van der Waals surface area contributed by atoms with Gasteiger partial charge in [0.25, 0.3) is 11.8 Å². The van der Waals surface area contributed by atoms with E-state index in [-0.39, 0.29) is 23.3 Å². The highest BCUT2D eigenvalue weighted by atomic mass is 32.2. The maximum atomic E-state index is 12.4. The minimum absolute atomic E-state index is 0.0845. The predicted molar refractivity (Wildman–Crippen MR) is 115 cm³/mol. The number of carbonyl (C=O) groups is 2. The molecule has 0 saturated carbocycles. The molecule has 0 aliphatic heterocycles. The zero-order valence-electron chi connectivity index (χ0n) is 17.5. The van der Waals surface area contributed by atoms with Gasteiger partial charge in [-0.05, 0) is 76.2 Å². The topological polar surface area (TPSA) is 114 Å². The fourth-order valence-electron chi connectivity index (χ4n) is 2.48. The molecule has 3 N–H and O–H groups in total. The lowest BCUT2D eigenvalue weighted by Gasteiger charge is -2.20. The summed E-state index contributed by atoms with van der Waals surface area (Å²) in [7, 11) is -3.66. The predicted octanol–water partition coefficient (Wildman–Crippen LogP) is 2.53. The Hall–Kier alpha value is -2.91. The van der Waals surface area contributed by atoms with Crippen molar-refractivity contribution >= 4 is 27.5 Å². The Morgan fingerprint density at radius 3 is 2.10 bits per heavy atom. The second kappa shape index (κ2) is 9.73. The zero-order valence-corrected chi connectivity index (χ0v) is 18.3. The minimum atomic E-state index is -3.66. The molecule has 162 valence electrons. The molecule has 0 bridgehead atoms. The zero-order chi connectivity index (χ0) is 22.4. The third kappa shape index (κ3) is 7.16. The first-order valence-corrected chi connectivity index (χ1v) is 10.9. The van der Waals surface area contributed by atoms with Crippen molar-refractivity contribution in [2.24, 2.45) is 0 Å². The molecule has 0 aliphatic carbocycles. The molecule has 0 unspecified atom stereocenters. The summed E-state index contributed by atoms with van der Waals surface area (Å²) in [6, 6.07) is 12.3. The van der Waals surface area contributed by atoms with E-state index in [0.29, 0.717) is 23.5 Å². The van der Waals surface area contributed by atoms with Crippen molar-refractivity contribution in [1.29, 1.82) is 0 Å². The summed E-state index contributed by atoms with van der Waals surface area (Å²) in [5, 5.41) is 5.36. The summed E-state index contributed by atoms with van der Waals surface area (Å²) in [5.41, 5.74) is 0.252. The van der Waals surface area contributed by atoms with Gasteiger partial charge in [0.05, 0.1) is 4.90 Å². The van der Waals surface area contributed by atoms with E-state index in [9.17, 15) is 18.0 Å². The van der Waals surface area contributed by atoms with Crippen LogP contribution in [0.3, 0.4) is 0 Å². The standard InChI is InChI=1S/C21H27N3O5S/c1-5-22-19(25)14-29-17-10-8-16(9-11-17)23-20(26)15-6-12-18(13-7-15)30(27,28)24-21(2,3)4/h6-13,24H,5,14H2,1-4H3,(H,22,25)(H,23,26). The van der Waals surface area contributed by atoms with E-state index >= 15 is 0 Å². The van der Waals surface area contributed by atoms with Gasteiger partial charge in [-0.1, -0.05) is 0 Å². The van der Waals surface area contributed by atoms with Crippen LogP contribution in [0.5, 0.6) is 5.75 Å². The minimum Gasteiger partial charge on any atom is -0.484 e. The van der Waals surface area contributed by atoms with Gasteiger partial charge in [-0.25, -0.2) is 13.1 Å². The summed E-state index contributed by atoms with van der Waals surface area (Å²) in [6.45, 7) is 7.53. The molecule has 0 spiro atoms. The average Bonchev–Trinajstić information content (AvgIpc) is 2.66. The molecule has 0 atom stereocenters. The largest absolute Gasteiger partial charge is 0.484 e. The van der Waals surface area contributed by atoms with Crippen LogP contribution in [0, 0.1) is 0 Å². The number of anilines is 1. The summed E-state index contributed by atoms with van der Waals surface area (Å²) < 4.78 is 32.6. The van der Waals surface area contributed by atoms with Gasteiger partial charge in [-0.3, -0.25) is 9.59 Å². The van der Waals surface area contributed by atoms with Gasteiger partial charge in [0.1, 0.15) is 5.75 Å². The highest BCUT2D eigenvalue weighted by molar-refractivity contribution is 7.89. The van der Waals surface area contributed by atoms with E-state index < -0.39 is 15.6 Å². The van der Waals surface area contributed by atoms with Gasteiger partial charge >= 0.3 is 0 Å². The van der Waals surface area contributed by atoms with Gasteiger partial charge in [0.15, 0.2) is 6.61 Å². The molecule has 30 heavy (non-hydrogen) atoms. The van der Waals surface area contributed by atoms with Gasteiger partial charge in [-0.15, -0.1) is 0 Å². The average molecular weight is 434 g/mol. The molecule has 0 fully saturated rings. The number of ether oxygens (including phenoxy) is 1. The first-order chi connectivity index (χ1) is 14.0. The van der Waals surface area contributed by atoms with Gasteiger partial charge in [-0.2, -0.15) is 0 Å². The summed E-state index contributed by atoms with van der Waals surface area (Å²) in [5.74, 6) is -0.0862. The van der Waals surface area contributed by atoms with Gasteiger partial charge in [0.2, 0.25) is 10.0 Å². The van der Waals surface area contributed by atoms with E-state index in [2.05, 4.69) is 15.4 Å². The molecule has 8 nitrogen and oxygen atoms in total. The fraction of sp³-hybridized carbons (Fsp3) is 0.333. The number of benzene rings is 2. The van der Waals surface area contributed by atoms with E-state index in [1.54, 1.807) is 45.0 Å². The highest BCUT2D eigenvalue weighted by Gasteiger charge is 2.22. The van der Waals surface area contributed by atoms with Crippen molar-refractivity contribution in [3.8, 4) is 5.75 Å². The molecule has 0 aliphatic rings. The van der Waals surface area contributed by atoms with Crippen molar-refractivity contribution in [2.45, 2.75) is 38.1 Å². The van der Waals surface area contributed by atoms with E-state index in [1.165, 1.54) is 24.3 Å². The molecule has 0 heterocycles. The Kier molecular flexibility index (Phi) is 7.58. The molecule has 2 aromatic carbocycles. The second-order valence-electron chi connectivity index (χ2n) is 7.60. The second-order valence-corrected chi connectivity index (χ2v) is 9.28. The summed E-state index contributed by atoms with van der Waals surface area (Å²) in [6.07, 6.45) is 0. The lowest BCUT2D eigenvalue weighted by molar-refractivity contribution is -0.122. The van der Waals surface area contributed by atoms with Crippen molar-refractivity contribution in [3.05, 3.63) is 54.1 Å². The maximum Gasteiger partial charge on any atom is 0.257 e. The quantitative estimate of drug-likeness (QED) is 0.592. The number of hydrogen-bond acceptors (Lipinski definition) is 5. The Morgan fingerprint density at radius 2 is 1.57 bits per heavy atom. The highest BCUT2D eigenvalue weighted by Crippen LogP contribution is 2.18. The van der Waals surface area contributed by atoms with E-state index in [1.807, 2.05) is 6.92 Å². The van der Waals surface area contributed by atoms with Crippen molar-refractivity contribution < 1.29 is 22.7 Å². The monoisotopic (exact) mass is 433 g/mol.